The number of nitrogens with zero attached hydrogens (tertiary/aromatic N) is 1. The topological polar surface area (TPSA) is 72.6 Å². The van der Waals surface area contributed by atoms with Gasteiger partial charge in [0.1, 0.15) is 5.82 Å². The minimum atomic E-state index is -0.611. The predicted molar refractivity (Wildman–Crippen MR) is 134 cm³/mol. The molecule has 0 bridgehead atoms. The second kappa shape index (κ2) is 8.65. The van der Waals surface area contributed by atoms with Crippen LogP contribution in [0.3, 0.4) is 0 Å². The van der Waals surface area contributed by atoms with Gasteiger partial charge in [-0.25, -0.2) is 4.79 Å². The average Bonchev–Trinajstić information content (AvgIpc) is 2.75. The van der Waals surface area contributed by atoms with Gasteiger partial charge in [0.2, 0.25) is 0 Å². The summed E-state index contributed by atoms with van der Waals surface area (Å²) in [5, 5.41) is 0.582. The number of carbonyl (C=O) groups excluding carboxylic acids is 2. The molecular formula is C26H26BrClN2O3. The summed E-state index contributed by atoms with van der Waals surface area (Å²) in [6.45, 7) is 6.05. The Morgan fingerprint density at radius 2 is 1.85 bits per heavy atom. The number of hydrogen-bond donors (Lipinski definition) is 1. The minimum Gasteiger partial charge on any atom is -0.466 e. The summed E-state index contributed by atoms with van der Waals surface area (Å²) in [7, 11) is 1.33. The molecule has 0 amide bonds. The third-order valence-corrected chi connectivity index (χ3v) is 7.29. The van der Waals surface area contributed by atoms with E-state index in [1.54, 1.807) is 6.07 Å². The first-order valence-corrected chi connectivity index (χ1v) is 11.9. The van der Waals surface area contributed by atoms with E-state index in [2.05, 4.69) is 29.8 Å². The van der Waals surface area contributed by atoms with E-state index < -0.39 is 11.9 Å². The van der Waals surface area contributed by atoms with Gasteiger partial charge < -0.3 is 10.5 Å². The molecule has 1 unspecified atom stereocenters. The van der Waals surface area contributed by atoms with Gasteiger partial charge in [-0.2, -0.15) is 0 Å². The standard InChI is InChI=1S/C26H26BrClN2O3/c1-14-17(28)6-5-7-18(14)30-19-12-26(2,3)13-20(31)22(19)21(15-8-10-16(27)11-9-15)23(24(30)29)25(32)33-4/h5-11,21H,12-13,29H2,1-4H3. The SMILES string of the molecule is COC(=O)C1=C(N)N(c2cccc(Cl)c2C)C2=C(C(=O)CC(C)(C)C2)C1c1ccc(Br)cc1. The van der Waals surface area contributed by atoms with Gasteiger partial charge in [-0.15, -0.1) is 0 Å². The molecule has 0 radical (unpaired) electrons. The zero-order valence-electron chi connectivity index (χ0n) is 19.0. The number of carbonyl (C=O) groups is 2. The fourth-order valence-corrected chi connectivity index (χ4v) is 5.26. The van der Waals surface area contributed by atoms with Crippen LogP contribution in [0.1, 0.15) is 43.7 Å². The molecule has 0 spiro atoms. The maximum atomic E-state index is 13.7. The first-order valence-electron chi connectivity index (χ1n) is 10.7. The highest BCUT2D eigenvalue weighted by molar-refractivity contribution is 9.10. The van der Waals surface area contributed by atoms with Crippen molar-refractivity contribution in [1.29, 1.82) is 0 Å². The summed E-state index contributed by atoms with van der Waals surface area (Å²) in [5.74, 6) is -0.911. The molecule has 2 aromatic carbocycles. The van der Waals surface area contributed by atoms with E-state index in [1.807, 2.05) is 48.2 Å². The number of nitrogens with two attached hydrogens (primary N) is 1. The minimum absolute atomic E-state index is 0.00718. The van der Waals surface area contributed by atoms with Crippen molar-refractivity contribution in [3.63, 3.8) is 0 Å². The average molecular weight is 530 g/mol. The Hall–Kier alpha value is -2.57. The summed E-state index contributed by atoms with van der Waals surface area (Å²) in [6, 6.07) is 13.1. The number of benzene rings is 2. The van der Waals surface area contributed by atoms with E-state index in [0.717, 1.165) is 27.0 Å². The van der Waals surface area contributed by atoms with E-state index in [9.17, 15) is 9.59 Å². The molecule has 1 atom stereocenters. The van der Waals surface area contributed by atoms with Gasteiger partial charge in [-0.05, 0) is 54.2 Å². The van der Waals surface area contributed by atoms with Gasteiger partial charge in [-0.3, -0.25) is 9.69 Å². The molecule has 7 heteroatoms. The Balaban J connectivity index is 2.06. The summed E-state index contributed by atoms with van der Waals surface area (Å²) in [4.78, 5) is 28.6. The van der Waals surface area contributed by atoms with Crippen LogP contribution < -0.4 is 10.6 Å². The number of halogens is 2. The van der Waals surface area contributed by atoms with E-state index in [4.69, 9.17) is 22.1 Å². The van der Waals surface area contributed by atoms with Crippen molar-refractivity contribution in [1.82, 2.24) is 0 Å². The molecule has 0 saturated heterocycles. The third-order valence-electron chi connectivity index (χ3n) is 6.35. The third kappa shape index (κ3) is 4.11. The lowest BCUT2D eigenvalue weighted by atomic mass is 9.68. The molecule has 33 heavy (non-hydrogen) atoms. The fourth-order valence-electron chi connectivity index (χ4n) is 4.82. The summed E-state index contributed by atoms with van der Waals surface area (Å²) in [5.41, 5.74) is 10.5. The van der Waals surface area contributed by atoms with E-state index in [0.29, 0.717) is 23.4 Å². The molecule has 1 heterocycles. The fraction of sp³-hybridized carbons (Fsp3) is 0.308. The van der Waals surface area contributed by atoms with Crippen molar-refractivity contribution in [2.24, 2.45) is 11.1 Å². The molecule has 2 N–H and O–H groups in total. The lowest BCUT2D eigenvalue weighted by molar-refractivity contribution is -0.136. The van der Waals surface area contributed by atoms with Crippen LogP contribution in [0.5, 0.6) is 0 Å². The monoisotopic (exact) mass is 528 g/mol. The molecule has 1 aliphatic heterocycles. The molecule has 4 rings (SSSR count). The summed E-state index contributed by atoms with van der Waals surface area (Å²) in [6.07, 6.45) is 1.01. The maximum absolute atomic E-state index is 13.7. The second-order valence-electron chi connectivity index (χ2n) is 9.30. The Labute approximate surface area is 207 Å². The smallest absolute Gasteiger partial charge is 0.338 e. The van der Waals surface area contributed by atoms with Crippen LogP contribution in [0.25, 0.3) is 0 Å². The van der Waals surface area contributed by atoms with Crippen molar-refractivity contribution in [3.05, 3.63) is 85.8 Å². The van der Waals surface area contributed by atoms with Crippen LogP contribution in [-0.2, 0) is 14.3 Å². The van der Waals surface area contributed by atoms with Crippen LogP contribution in [0.4, 0.5) is 5.69 Å². The highest BCUT2D eigenvalue weighted by Gasteiger charge is 2.46. The van der Waals surface area contributed by atoms with Crippen molar-refractivity contribution in [2.75, 3.05) is 12.0 Å². The maximum Gasteiger partial charge on any atom is 0.338 e. The van der Waals surface area contributed by atoms with Crippen LogP contribution in [0.15, 0.2) is 69.6 Å². The molecule has 0 fully saturated rings. The number of ether oxygens (including phenoxy) is 1. The normalized spacial score (nSPS) is 20.1. The van der Waals surface area contributed by atoms with Gasteiger partial charge >= 0.3 is 5.97 Å². The molecule has 172 valence electrons. The first kappa shape index (κ1) is 23.6. The first-order chi connectivity index (χ1) is 15.6. The zero-order valence-corrected chi connectivity index (χ0v) is 21.4. The second-order valence-corrected chi connectivity index (χ2v) is 10.6. The van der Waals surface area contributed by atoms with Crippen molar-refractivity contribution < 1.29 is 14.3 Å². The van der Waals surface area contributed by atoms with Gasteiger partial charge in [0.25, 0.3) is 0 Å². The molecule has 5 nitrogen and oxygen atoms in total. The Morgan fingerprint density at radius 1 is 1.18 bits per heavy atom. The highest BCUT2D eigenvalue weighted by Crippen LogP contribution is 2.51. The van der Waals surface area contributed by atoms with E-state index in [-0.39, 0.29) is 22.6 Å². The summed E-state index contributed by atoms with van der Waals surface area (Å²) < 4.78 is 6.06. The molecule has 0 aromatic heterocycles. The lowest BCUT2D eigenvalue weighted by Crippen LogP contribution is -2.44. The number of anilines is 1. The van der Waals surface area contributed by atoms with Gasteiger partial charge in [0.05, 0.1) is 24.3 Å². The molecule has 0 saturated carbocycles. The predicted octanol–water partition coefficient (Wildman–Crippen LogP) is 6.00. The van der Waals surface area contributed by atoms with E-state index in [1.165, 1.54) is 7.11 Å². The zero-order chi connectivity index (χ0) is 24.1. The number of methoxy groups -OCH3 is 1. The van der Waals surface area contributed by atoms with Crippen molar-refractivity contribution >= 4 is 45.0 Å². The Kier molecular flexibility index (Phi) is 6.18. The number of ketones is 1. The van der Waals surface area contributed by atoms with Crippen LogP contribution in [0, 0.1) is 12.3 Å². The molecule has 2 aromatic rings. The number of esters is 1. The van der Waals surface area contributed by atoms with Crippen molar-refractivity contribution in [2.45, 2.75) is 39.5 Å². The highest BCUT2D eigenvalue weighted by atomic mass is 79.9. The van der Waals surface area contributed by atoms with Crippen LogP contribution >= 0.6 is 27.5 Å². The number of Topliss-reactive ketones (excluding diaryl/α,β-unsaturated/α-hetero) is 1. The van der Waals surface area contributed by atoms with E-state index >= 15 is 0 Å². The molecular weight excluding hydrogens is 504 g/mol. The van der Waals surface area contributed by atoms with Crippen LogP contribution in [0.2, 0.25) is 5.02 Å². The van der Waals surface area contributed by atoms with Gasteiger partial charge in [0.15, 0.2) is 5.78 Å². The van der Waals surface area contributed by atoms with Gasteiger partial charge in [-0.1, -0.05) is 59.6 Å². The molecule has 2 aliphatic rings. The van der Waals surface area contributed by atoms with Crippen molar-refractivity contribution in [3.8, 4) is 0 Å². The largest absolute Gasteiger partial charge is 0.466 e. The quantitative estimate of drug-likeness (QED) is 0.494. The summed E-state index contributed by atoms with van der Waals surface area (Å²) >= 11 is 9.91. The van der Waals surface area contributed by atoms with Gasteiger partial charge in [0, 0.05) is 27.2 Å². The Bertz CT molecular complexity index is 1210. The Morgan fingerprint density at radius 3 is 2.48 bits per heavy atom. The number of allylic oxidation sites excluding steroid dienone is 2. The van der Waals surface area contributed by atoms with Crippen LogP contribution in [-0.4, -0.2) is 18.9 Å². The molecule has 1 aliphatic carbocycles. The number of rotatable bonds is 3. The number of hydrogen-bond acceptors (Lipinski definition) is 5. The lowest BCUT2D eigenvalue weighted by Gasteiger charge is -2.44.